The Balaban J connectivity index is 2.65. The molecule has 2 N–H and O–H groups in total. The van der Waals surface area contributed by atoms with Crippen LogP contribution in [0.3, 0.4) is 0 Å². The van der Waals surface area contributed by atoms with Crippen LogP contribution in [0.5, 0.6) is 0 Å². The van der Waals surface area contributed by atoms with Crippen molar-refractivity contribution in [3.05, 3.63) is 0 Å². The molecule has 0 aromatic heterocycles. The van der Waals surface area contributed by atoms with Crippen molar-refractivity contribution in [1.82, 2.24) is 4.90 Å². The summed E-state index contributed by atoms with van der Waals surface area (Å²) in [6.45, 7) is 2.59. The number of hydrogen-bond donors (Lipinski definition) is 2. The molecule has 0 unspecified atom stereocenters. The highest BCUT2D eigenvalue weighted by molar-refractivity contribution is 5.74. The molecule has 0 radical (unpaired) electrons. The maximum Gasteiger partial charge on any atom is 0.407 e. The van der Waals surface area contributed by atoms with Crippen molar-refractivity contribution in [3.63, 3.8) is 0 Å². The van der Waals surface area contributed by atoms with E-state index >= 15 is 0 Å². The molecule has 1 heterocycles. The number of rotatable bonds is 1. The number of piperidine rings is 1. The Labute approximate surface area is 76.6 Å². The summed E-state index contributed by atoms with van der Waals surface area (Å²) in [7, 11) is 0. The summed E-state index contributed by atoms with van der Waals surface area (Å²) < 4.78 is 0. The van der Waals surface area contributed by atoms with Gasteiger partial charge in [0, 0.05) is 6.54 Å². The molecule has 0 aromatic rings. The first-order valence-corrected chi connectivity index (χ1v) is 4.32. The van der Waals surface area contributed by atoms with Gasteiger partial charge in [-0.3, -0.25) is 0 Å². The van der Waals surface area contributed by atoms with Crippen LogP contribution < -0.4 is 0 Å². The van der Waals surface area contributed by atoms with E-state index in [9.17, 15) is 4.79 Å². The highest BCUT2D eigenvalue weighted by Crippen LogP contribution is 2.21. The summed E-state index contributed by atoms with van der Waals surface area (Å²) in [6, 6.07) is -0.272. The number of carbonyl (C=O) groups is 1. The van der Waals surface area contributed by atoms with Crippen LogP contribution >= 0.6 is 0 Å². The molecule has 5 nitrogen and oxygen atoms in total. The average Bonchev–Trinajstić information content (AvgIpc) is 2.04. The summed E-state index contributed by atoms with van der Waals surface area (Å²) >= 11 is 0. The zero-order valence-corrected chi connectivity index (χ0v) is 7.55. The monoisotopic (exact) mass is 186 g/mol. The molecular formula is C8H14N2O3. The smallest absolute Gasteiger partial charge is 0.407 e. The molecular weight excluding hydrogens is 172 g/mol. The topological polar surface area (TPSA) is 73.1 Å². The lowest BCUT2D eigenvalue weighted by Gasteiger charge is -2.33. The van der Waals surface area contributed by atoms with Crippen LogP contribution in [-0.2, 0) is 0 Å². The second-order valence-electron chi connectivity index (χ2n) is 3.44. The molecule has 1 aliphatic heterocycles. The fraction of sp³-hybridized carbons (Fsp3) is 0.750. The van der Waals surface area contributed by atoms with Crippen LogP contribution in [0.15, 0.2) is 5.16 Å². The third kappa shape index (κ3) is 2.34. The van der Waals surface area contributed by atoms with Crippen LogP contribution in [0.1, 0.15) is 19.8 Å². The molecule has 74 valence electrons. The molecule has 2 atom stereocenters. The minimum atomic E-state index is -0.947. The predicted molar refractivity (Wildman–Crippen MR) is 47.2 cm³/mol. The van der Waals surface area contributed by atoms with Gasteiger partial charge in [0.25, 0.3) is 0 Å². The van der Waals surface area contributed by atoms with E-state index in [0.717, 1.165) is 12.8 Å². The number of nitrogens with zero attached hydrogens (tertiary/aromatic N) is 2. The Morgan fingerprint density at radius 1 is 1.69 bits per heavy atom. The Morgan fingerprint density at radius 2 is 2.38 bits per heavy atom. The normalized spacial score (nSPS) is 29.5. The molecule has 0 spiro atoms. The summed E-state index contributed by atoms with van der Waals surface area (Å²) in [5.74, 6) is 0.485. The summed E-state index contributed by atoms with van der Waals surface area (Å²) in [5.41, 5.74) is 0. The SMILES string of the molecule is C[C@@H]1CCN(C(=O)O)[C@@H](/C=N\O)C1. The van der Waals surface area contributed by atoms with Crippen LogP contribution in [0, 0.1) is 5.92 Å². The molecule has 1 amide bonds. The van der Waals surface area contributed by atoms with Crippen molar-refractivity contribution < 1.29 is 15.1 Å². The maximum absolute atomic E-state index is 10.7. The highest BCUT2D eigenvalue weighted by Gasteiger charge is 2.28. The van der Waals surface area contributed by atoms with Gasteiger partial charge >= 0.3 is 6.09 Å². The largest absolute Gasteiger partial charge is 0.465 e. The Morgan fingerprint density at radius 3 is 2.92 bits per heavy atom. The Bertz CT molecular complexity index is 217. The van der Waals surface area contributed by atoms with Crippen LogP contribution in [0.25, 0.3) is 0 Å². The molecule has 0 bridgehead atoms. The van der Waals surface area contributed by atoms with Gasteiger partial charge in [0.1, 0.15) is 0 Å². The van der Waals surface area contributed by atoms with E-state index in [2.05, 4.69) is 12.1 Å². The number of oxime groups is 1. The van der Waals surface area contributed by atoms with Crippen LogP contribution in [0.4, 0.5) is 4.79 Å². The molecule has 0 saturated carbocycles. The van der Waals surface area contributed by atoms with Crippen molar-refractivity contribution in [2.24, 2.45) is 11.1 Å². The number of hydrogen-bond acceptors (Lipinski definition) is 3. The lowest BCUT2D eigenvalue weighted by Crippen LogP contribution is -2.45. The quantitative estimate of drug-likeness (QED) is 0.367. The maximum atomic E-state index is 10.7. The van der Waals surface area contributed by atoms with Gasteiger partial charge in [-0.1, -0.05) is 12.1 Å². The number of carboxylic acid groups (broad SMARTS) is 1. The average molecular weight is 186 g/mol. The van der Waals surface area contributed by atoms with E-state index in [1.165, 1.54) is 11.1 Å². The van der Waals surface area contributed by atoms with Crippen molar-refractivity contribution in [3.8, 4) is 0 Å². The zero-order valence-electron chi connectivity index (χ0n) is 7.55. The second-order valence-corrected chi connectivity index (χ2v) is 3.44. The Hall–Kier alpha value is -1.26. The van der Waals surface area contributed by atoms with Crippen molar-refractivity contribution in [2.75, 3.05) is 6.54 Å². The molecule has 0 aliphatic carbocycles. The van der Waals surface area contributed by atoms with E-state index in [1.807, 2.05) is 0 Å². The molecule has 1 aliphatic rings. The van der Waals surface area contributed by atoms with E-state index in [1.54, 1.807) is 0 Å². The molecule has 1 fully saturated rings. The van der Waals surface area contributed by atoms with Crippen molar-refractivity contribution in [1.29, 1.82) is 0 Å². The predicted octanol–water partition coefficient (Wildman–Crippen LogP) is 1.22. The van der Waals surface area contributed by atoms with E-state index in [-0.39, 0.29) is 6.04 Å². The first-order valence-electron chi connectivity index (χ1n) is 4.32. The van der Waals surface area contributed by atoms with Gasteiger partial charge in [0.15, 0.2) is 0 Å². The van der Waals surface area contributed by atoms with Crippen molar-refractivity contribution in [2.45, 2.75) is 25.8 Å². The standard InChI is InChI=1S/C8H14N2O3/c1-6-2-3-10(8(11)12)7(4-6)5-9-13/h5-7,13H,2-4H2,1H3,(H,11,12)/b9-5-/t6-,7-/m1/s1. The molecule has 1 saturated heterocycles. The van der Waals surface area contributed by atoms with E-state index < -0.39 is 6.09 Å². The van der Waals surface area contributed by atoms with Crippen LogP contribution in [0.2, 0.25) is 0 Å². The first-order chi connectivity index (χ1) is 6.15. The Kier molecular flexibility index (Phi) is 3.11. The van der Waals surface area contributed by atoms with Crippen LogP contribution in [-0.4, -0.2) is 40.1 Å². The lowest BCUT2D eigenvalue weighted by atomic mass is 9.93. The van der Waals surface area contributed by atoms with E-state index in [0.29, 0.717) is 12.5 Å². The lowest BCUT2D eigenvalue weighted by molar-refractivity contribution is 0.113. The molecule has 1 rings (SSSR count). The van der Waals surface area contributed by atoms with Gasteiger partial charge in [0.2, 0.25) is 0 Å². The zero-order chi connectivity index (χ0) is 9.84. The minimum Gasteiger partial charge on any atom is -0.465 e. The van der Waals surface area contributed by atoms with Gasteiger partial charge < -0.3 is 15.2 Å². The summed E-state index contributed by atoms with van der Waals surface area (Å²) in [6.07, 6.45) is 1.94. The van der Waals surface area contributed by atoms with Crippen molar-refractivity contribution >= 4 is 12.3 Å². The van der Waals surface area contributed by atoms with Gasteiger partial charge in [-0.05, 0) is 18.8 Å². The summed E-state index contributed by atoms with van der Waals surface area (Å²) in [5, 5.41) is 20.1. The van der Waals surface area contributed by atoms with Gasteiger partial charge in [-0.15, -0.1) is 0 Å². The van der Waals surface area contributed by atoms with Gasteiger partial charge in [-0.2, -0.15) is 0 Å². The third-order valence-corrected chi connectivity index (χ3v) is 2.39. The van der Waals surface area contributed by atoms with Gasteiger partial charge in [-0.25, -0.2) is 4.79 Å². The third-order valence-electron chi connectivity index (χ3n) is 2.39. The fourth-order valence-corrected chi connectivity index (χ4v) is 1.64. The highest BCUT2D eigenvalue weighted by atomic mass is 16.4. The first kappa shape index (κ1) is 9.83. The number of likely N-dealkylation sites (tertiary alicyclic amines) is 1. The summed E-state index contributed by atoms with van der Waals surface area (Å²) in [4.78, 5) is 12.0. The second kappa shape index (κ2) is 4.11. The molecule has 5 heteroatoms. The minimum absolute atomic E-state index is 0.272. The fourth-order valence-electron chi connectivity index (χ4n) is 1.64. The van der Waals surface area contributed by atoms with Gasteiger partial charge in [0.05, 0.1) is 12.3 Å². The molecule has 0 aromatic carbocycles. The van der Waals surface area contributed by atoms with E-state index in [4.69, 9.17) is 10.3 Å². The number of amides is 1. The molecule has 13 heavy (non-hydrogen) atoms.